The van der Waals surface area contributed by atoms with Gasteiger partial charge in [-0.2, -0.15) is 0 Å². The van der Waals surface area contributed by atoms with Gasteiger partial charge in [-0.05, 0) is 49.6 Å². The second kappa shape index (κ2) is 7.91. The number of aromatic amines is 1. The zero-order valence-electron chi connectivity index (χ0n) is 17.6. The van der Waals surface area contributed by atoms with Gasteiger partial charge in [-0.25, -0.2) is 4.79 Å². The molecule has 2 heterocycles. The van der Waals surface area contributed by atoms with Gasteiger partial charge in [0.15, 0.2) is 11.5 Å². The summed E-state index contributed by atoms with van der Waals surface area (Å²) in [5, 5.41) is 0. The summed E-state index contributed by atoms with van der Waals surface area (Å²) < 4.78 is 12.8. The Labute approximate surface area is 179 Å². The molecule has 1 aliphatic rings. The van der Waals surface area contributed by atoms with Crippen LogP contribution in [0.4, 0.5) is 0 Å². The van der Waals surface area contributed by atoms with Crippen molar-refractivity contribution in [2.24, 2.45) is 0 Å². The first-order chi connectivity index (χ1) is 15.2. The lowest BCUT2D eigenvalue weighted by atomic mass is 10.1. The zero-order chi connectivity index (χ0) is 21.4. The van der Waals surface area contributed by atoms with Crippen LogP contribution >= 0.6 is 0 Å². The summed E-state index contributed by atoms with van der Waals surface area (Å²) in [7, 11) is 1.62. The molecular weight excluding hydrogens is 392 g/mol. The molecule has 0 saturated heterocycles. The normalized spacial score (nSPS) is 13.5. The summed E-state index contributed by atoms with van der Waals surface area (Å²) in [6, 6.07) is 11.7. The van der Waals surface area contributed by atoms with Crippen LogP contribution in [0.25, 0.3) is 22.3 Å². The number of fused-ring (bicyclic) bond motifs is 1. The number of methoxy groups -OCH3 is 1. The van der Waals surface area contributed by atoms with Crippen LogP contribution in [0, 0.1) is 0 Å². The van der Waals surface area contributed by atoms with E-state index in [1.165, 1.54) is 0 Å². The first-order valence-electron chi connectivity index (χ1n) is 10.5. The van der Waals surface area contributed by atoms with Gasteiger partial charge in [-0.3, -0.25) is 14.5 Å². The molecule has 0 spiro atoms. The minimum absolute atomic E-state index is 0.150. The molecule has 2 aromatic heterocycles. The van der Waals surface area contributed by atoms with E-state index in [1.807, 2.05) is 43.3 Å². The van der Waals surface area contributed by atoms with Crippen LogP contribution in [0.3, 0.4) is 0 Å². The number of rotatable bonds is 7. The smallest absolute Gasteiger partial charge is 0.326 e. The van der Waals surface area contributed by atoms with Gasteiger partial charge >= 0.3 is 5.69 Å². The third-order valence-electron chi connectivity index (χ3n) is 5.61. The van der Waals surface area contributed by atoms with E-state index in [1.54, 1.807) is 24.1 Å². The Morgan fingerprint density at radius 3 is 2.71 bits per heavy atom. The van der Waals surface area contributed by atoms with E-state index in [9.17, 15) is 4.79 Å². The van der Waals surface area contributed by atoms with Crippen molar-refractivity contribution in [2.45, 2.75) is 32.2 Å². The van der Waals surface area contributed by atoms with Crippen molar-refractivity contribution in [2.75, 3.05) is 13.7 Å². The highest BCUT2D eigenvalue weighted by Gasteiger charge is 2.28. The van der Waals surface area contributed by atoms with Crippen LogP contribution in [0.1, 0.15) is 36.9 Å². The second-order valence-corrected chi connectivity index (χ2v) is 7.73. The molecule has 0 amide bonds. The lowest BCUT2D eigenvalue weighted by Crippen LogP contribution is -2.17. The highest BCUT2D eigenvalue weighted by molar-refractivity contribution is 5.82. The lowest BCUT2D eigenvalue weighted by Gasteiger charge is -2.12. The number of benzene rings is 2. The van der Waals surface area contributed by atoms with Gasteiger partial charge in [0.25, 0.3) is 0 Å². The summed E-state index contributed by atoms with van der Waals surface area (Å²) in [5.41, 5.74) is 5.36. The Morgan fingerprint density at radius 1 is 1.10 bits per heavy atom. The van der Waals surface area contributed by atoms with Crippen molar-refractivity contribution in [3.63, 3.8) is 0 Å². The van der Waals surface area contributed by atoms with Crippen molar-refractivity contribution in [1.29, 1.82) is 0 Å². The van der Waals surface area contributed by atoms with Gasteiger partial charge in [0.1, 0.15) is 0 Å². The fourth-order valence-corrected chi connectivity index (χ4v) is 3.96. The van der Waals surface area contributed by atoms with Crippen molar-refractivity contribution in [3.05, 3.63) is 70.5 Å². The van der Waals surface area contributed by atoms with Crippen LogP contribution in [0.5, 0.6) is 11.5 Å². The molecule has 1 fully saturated rings. The van der Waals surface area contributed by atoms with Crippen molar-refractivity contribution in [3.8, 4) is 22.8 Å². The predicted molar refractivity (Wildman–Crippen MR) is 119 cm³/mol. The van der Waals surface area contributed by atoms with E-state index in [0.29, 0.717) is 30.6 Å². The van der Waals surface area contributed by atoms with Gasteiger partial charge < -0.3 is 14.5 Å². The summed E-state index contributed by atoms with van der Waals surface area (Å²) >= 11 is 0. The monoisotopic (exact) mass is 416 g/mol. The summed E-state index contributed by atoms with van der Waals surface area (Å²) in [6.45, 7) is 2.90. The molecule has 4 aromatic rings. The molecule has 5 rings (SSSR count). The van der Waals surface area contributed by atoms with Gasteiger partial charge in [-0.1, -0.05) is 12.1 Å². The summed E-state index contributed by atoms with van der Waals surface area (Å²) in [5.74, 6) is 1.85. The number of aromatic nitrogens is 4. The molecule has 2 aromatic carbocycles. The quantitative estimate of drug-likeness (QED) is 0.490. The molecule has 1 N–H and O–H groups in total. The number of hydrogen-bond acceptors (Lipinski definition) is 5. The Bertz CT molecular complexity index is 1300. The number of nitrogens with one attached hydrogen (secondary N) is 1. The number of hydrogen-bond donors (Lipinski definition) is 1. The number of H-pyrrole nitrogens is 1. The molecule has 7 heteroatoms. The molecule has 158 valence electrons. The number of nitrogens with zero attached hydrogens (tertiary/aromatic N) is 3. The van der Waals surface area contributed by atoms with E-state index in [0.717, 1.165) is 46.4 Å². The molecular formula is C24H24N4O3. The van der Waals surface area contributed by atoms with Crippen LogP contribution in [-0.2, 0) is 6.54 Å². The Morgan fingerprint density at radius 2 is 1.94 bits per heavy atom. The molecule has 0 aliphatic heterocycles. The maximum atomic E-state index is 12.7. The topological polar surface area (TPSA) is 82.0 Å². The van der Waals surface area contributed by atoms with E-state index in [-0.39, 0.29) is 5.69 Å². The molecule has 1 aliphatic carbocycles. The van der Waals surface area contributed by atoms with Crippen LogP contribution in [0.2, 0.25) is 0 Å². The van der Waals surface area contributed by atoms with Crippen molar-refractivity contribution >= 4 is 11.0 Å². The Hall–Kier alpha value is -3.61. The average Bonchev–Trinajstić information content (AvgIpc) is 3.59. The first-order valence-corrected chi connectivity index (χ1v) is 10.5. The van der Waals surface area contributed by atoms with Crippen LogP contribution in [-0.4, -0.2) is 33.2 Å². The van der Waals surface area contributed by atoms with Crippen molar-refractivity contribution < 1.29 is 9.47 Å². The van der Waals surface area contributed by atoms with E-state index in [2.05, 4.69) is 15.0 Å². The third-order valence-corrected chi connectivity index (χ3v) is 5.61. The Balaban J connectivity index is 1.51. The lowest BCUT2D eigenvalue weighted by molar-refractivity contribution is 0.310. The molecule has 0 unspecified atom stereocenters. The highest BCUT2D eigenvalue weighted by atomic mass is 16.5. The van der Waals surface area contributed by atoms with Crippen LogP contribution < -0.4 is 15.2 Å². The highest BCUT2D eigenvalue weighted by Crippen LogP contribution is 2.42. The SMILES string of the molecule is CCOc1cc(Cn2c(=O)[nH]c3cc(-c4nccnc4C4CC4)ccc32)ccc1OC. The van der Waals surface area contributed by atoms with E-state index in [4.69, 9.17) is 9.47 Å². The van der Waals surface area contributed by atoms with Crippen molar-refractivity contribution in [1.82, 2.24) is 19.5 Å². The van der Waals surface area contributed by atoms with E-state index < -0.39 is 0 Å². The predicted octanol–water partition coefficient (Wildman–Crippen LogP) is 4.12. The molecule has 1 saturated carbocycles. The molecule has 0 atom stereocenters. The first kappa shape index (κ1) is 19.4. The molecule has 0 radical (unpaired) electrons. The molecule has 31 heavy (non-hydrogen) atoms. The van der Waals surface area contributed by atoms with Gasteiger partial charge in [0, 0.05) is 23.9 Å². The second-order valence-electron chi connectivity index (χ2n) is 7.73. The maximum Gasteiger partial charge on any atom is 0.326 e. The largest absolute Gasteiger partial charge is 0.493 e. The zero-order valence-corrected chi connectivity index (χ0v) is 17.6. The number of ether oxygens (including phenoxy) is 2. The van der Waals surface area contributed by atoms with Gasteiger partial charge in [-0.15, -0.1) is 0 Å². The minimum Gasteiger partial charge on any atom is -0.493 e. The third kappa shape index (κ3) is 3.67. The molecule has 7 nitrogen and oxygen atoms in total. The van der Waals surface area contributed by atoms with Gasteiger partial charge in [0.2, 0.25) is 0 Å². The standard InChI is InChI=1S/C24H24N4O3/c1-3-31-21-12-15(4-9-20(21)30-2)14-28-19-8-7-17(13-18(19)27-24(28)29)23-22(16-5-6-16)25-10-11-26-23/h4,7-13,16H,3,5-6,14H2,1-2H3,(H,27,29). The van der Waals surface area contributed by atoms with Gasteiger partial charge in [0.05, 0.1) is 42.7 Å². The Kier molecular flexibility index (Phi) is 4.94. The summed E-state index contributed by atoms with van der Waals surface area (Å²) in [4.78, 5) is 24.8. The van der Waals surface area contributed by atoms with Crippen LogP contribution in [0.15, 0.2) is 53.6 Å². The summed E-state index contributed by atoms with van der Waals surface area (Å²) in [6.07, 6.45) is 5.79. The average molecular weight is 416 g/mol. The minimum atomic E-state index is -0.150. The number of imidazole rings is 1. The fourth-order valence-electron chi connectivity index (χ4n) is 3.96. The molecule has 0 bridgehead atoms. The maximum absolute atomic E-state index is 12.7. The van der Waals surface area contributed by atoms with E-state index >= 15 is 0 Å². The fraction of sp³-hybridized carbons (Fsp3) is 0.292.